The van der Waals surface area contributed by atoms with Gasteiger partial charge in [-0.15, -0.1) is 14.8 Å². The molecule has 0 saturated heterocycles. The molecule has 0 aliphatic rings. The Bertz CT molecular complexity index is 1040. The number of rotatable bonds is 5. The van der Waals surface area contributed by atoms with Crippen molar-refractivity contribution >= 4 is 33.3 Å². The molecule has 4 rings (SSSR count). The van der Waals surface area contributed by atoms with E-state index in [1.54, 1.807) is 0 Å². The van der Waals surface area contributed by atoms with Crippen LogP contribution in [0.25, 0.3) is 16.9 Å². The van der Waals surface area contributed by atoms with E-state index in [2.05, 4.69) is 72.1 Å². The zero-order valence-corrected chi connectivity index (χ0v) is 16.6. The molecule has 0 aliphatic heterocycles. The highest BCUT2D eigenvalue weighted by atomic mass is 79.9. The molecule has 0 spiro atoms. The number of fused-ring (bicyclic) bond motifs is 1. The molecule has 0 unspecified atom stereocenters. The molecule has 0 N–H and O–H groups in total. The minimum absolute atomic E-state index is 0.493. The molecule has 4 aromatic rings. The minimum Gasteiger partial charge on any atom is -0.318 e. The topological polar surface area (TPSA) is 73.8 Å². The van der Waals surface area contributed by atoms with Crippen LogP contribution in [0, 0.1) is 5.92 Å². The van der Waals surface area contributed by atoms with Crippen LogP contribution < -0.4 is 0 Å². The first-order valence-electron chi connectivity index (χ1n) is 8.15. The molecule has 9 heteroatoms. The predicted molar refractivity (Wildman–Crippen MR) is 103 cm³/mol. The molecule has 1 aromatic carbocycles. The number of nitrogens with zero attached hydrogens (tertiary/aromatic N) is 7. The Hall–Kier alpha value is -2.26. The van der Waals surface area contributed by atoms with Crippen LogP contribution in [0.5, 0.6) is 0 Å². The van der Waals surface area contributed by atoms with Crippen LogP contribution in [0.4, 0.5) is 0 Å². The van der Waals surface area contributed by atoms with E-state index in [1.165, 1.54) is 16.4 Å². The van der Waals surface area contributed by atoms with Gasteiger partial charge < -0.3 is 4.57 Å². The Morgan fingerprint density at radius 2 is 1.92 bits per heavy atom. The van der Waals surface area contributed by atoms with Crippen LogP contribution >= 0.6 is 27.7 Å². The van der Waals surface area contributed by atoms with E-state index in [0.717, 1.165) is 32.5 Å². The van der Waals surface area contributed by atoms with Crippen LogP contribution in [-0.4, -0.2) is 34.8 Å². The lowest BCUT2D eigenvalue weighted by atomic mass is 10.1. The van der Waals surface area contributed by atoms with Gasteiger partial charge in [-0.2, -0.15) is 0 Å². The van der Waals surface area contributed by atoms with Gasteiger partial charge in [0.05, 0.1) is 11.9 Å². The number of tetrazole rings is 1. The summed E-state index contributed by atoms with van der Waals surface area (Å²) in [7, 11) is 0. The molecule has 7 nitrogen and oxygen atoms in total. The highest BCUT2D eigenvalue weighted by molar-refractivity contribution is 9.10. The number of halogens is 1. The molecule has 0 saturated carbocycles. The highest BCUT2D eigenvalue weighted by Crippen LogP contribution is 2.31. The third kappa shape index (κ3) is 3.49. The van der Waals surface area contributed by atoms with Gasteiger partial charge in [0.1, 0.15) is 5.03 Å². The third-order valence-corrected chi connectivity index (χ3v) is 5.21. The Labute approximate surface area is 163 Å². The largest absolute Gasteiger partial charge is 0.318 e. The number of benzene rings is 1. The second-order valence-electron chi connectivity index (χ2n) is 6.24. The summed E-state index contributed by atoms with van der Waals surface area (Å²) in [6.07, 6.45) is 1.92. The van der Waals surface area contributed by atoms with E-state index >= 15 is 0 Å². The van der Waals surface area contributed by atoms with E-state index in [-0.39, 0.29) is 0 Å². The second-order valence-corrected chi connectivity index (χ2v) is 8.14. The van der Waals surface area contributed by atoms with Crippen LogP contribution in [0.3, 0.4) is 0 Å². The zero-order valence-electron chi connectivity index (χ0n) is 14.2. The van der Waals surface area contributed by atoms with E-state index in [4.69, 9.17) is 0 Å². The van der Waals surface area contributed by atoms with Crippen molar-refractivity contribution in [2.75, 3.05) is 0 Å². The summed E-state index contributed by atoms with van der Waals surface area (Å²) in [5.74, 6) is 0.493. The maximum atomic E-state index is 4.64. The van der Waals surface area contributed by atoms with Gasteiger partial charge in [0.25, 0.3) is 0 Å². The summed E-state index contributed by atoms with van der Waals surface area (Å²) >= 11 is 5.00. The minimum atomic E-state index is 0.493. The first-order chi connectivity index (χ1) is 12.6. The van der Waals surface area contributed by atoms with E-state index in [1.807, 2.05) is 30.5 Å². The summed E-state index contributed by atoms with van der Waals surface area (Å²) in [6, 6.07) is 12.0. The molecular weight excluding hydrogens is 414 g/mol. The molecule has 0 amide bonds. The average molecular weight is 430 g/mol. The van der Waals surface area contributed by atoms with Crippen molar-refractivity contribution in [3.05, 3.63) is 47.1 Å². The number of hydrogen-bond donors (Lipinski definition) is 0. The summed E-state index contributed by atoms with van der Waals surface area (Å²) in [5.41, 5.74) is 2.85. The molecule has 0 fully saturated rings. The van der Waals surface area contributed by atoms with Crippen molar-refractivity contribution in [1.29, 1.82) is 0 Å². The van der Waals surface area contributed by atoms with Crippen molar-refractivity contribution < 1.29 is 0 Å². The lowest BCUT2D eigenvalue weighted by molar-refractivity contribution is 0.497. The van der Waals surface area contributed by atoms with Gasteiger partial charge >= 0.3 is 0 Å². The normalized spacial score (nSPS) is 11.5. The van der Waals surface area contributed by atoms with Gasteiger partial charge in [-0.25, -0.2) is 4.98 Å². The van der Waals surface area contributed by atoms with Crippen molar-refractivity contribution in [3.8, 4) is 11.3 Å². The summed E-state index contributed by atoms with van der Waals surface area (Å²) < 4.78 is 4.72. The predicted octanol–water partition coefficient (Wildman–Crippen LogP) is 3.95. The van der Waals surface area contributed by atoms with Crippen LogP contribution in [0.15, 0.2) is 57.3 Å². The maximum Gasteiger partial charge on any atom is 0.200 e. The SMILES string of the molecule is CC(C)Cn1c(-c2ccc(Br)cc2)cnc1Sc1ccc2nnnn2n1. The smallest absolute Gasteiger partial charge is 0.200 e. The summed E-state index contributed by atoms with van der Waals surface area (Å²) in [4.78, 5) is 4.64. The highest BCUT2D eigenvalue weighted by Gasteiger charge is 2.15. The fourth-order valence-corrected chi connectivity index (χ4v) is 3.71. The van der Waals surface area contributed by atoms with Crippen molar-refractivity contribution in [2.45, 2.75) is 30.6 Å². The van der Waals surface area contributed by atoms with Crippen LogP contribution in [0.2, 0.25) is 0 Å². The first-order valence-corrected chi connectivity index (χ1v) is 9.76. The molecule has 0 bridgehead atoms. The molecular formula is C17H16BrN7S. The fourth-order valence-electron chi connectivity index (χ4n) is 2.61. The molecule has 3 heterocycles. The molecule has 132 valence electrons. The van der Waals surface area contributed by atoms with Gasteiger partial charge in [-0.3, -0.25) is 0 Å². The van der Waals surface area contributed by atoms with Gasteiger partial charge in [0.15, 0.2) is 10.8 Å². The van der Waals surface area contributed by atoms with Gasteiger partial charge in [0, 0.05) is 11.0 Å². The van der Waals surface area contributed by atoms with E-state index < -0.39 is 0 Å². The number of imidazole rings is 1. The standard InChI is InChI=1S/C17H16BrN7S/c1-11(2)10-24-14(12-3-5-13(18)6-4-12)9-19-17(24)26-16-8-7-15-20-22-23-25(15)21-16/h3-9,11H,10H2,1-2H3. The second kappa shape index (κ2) is 7.16. The van der Waals surface area contributed by atoms with Gasteiger partial charge in [-0.1, -0.05) is 41.9 Å². The lowest BCUT2D eigenvalue weighted by Gasteiger charge is -2.14. The van der Waals surface area contributed by atoms with E-state index in [0.29, 0.717) is 11.6 Å². The first kappa shape index (κ1) is 17.2. The van der Waals surface area contributed by atoms with Crippen molar-refractivity contribution in [3.63, 3.8) is 0 Å². The Morgan fingerprint density at radius 1 is 1.12 bits per heavy atom. The summed E-state index contributed by atoms with van der Waals surface area (Å²) in [5, 5.41) is 17.5. The van der Waals surface area contributed by atoms with Crippen molar-refractivity contribution in [1.82, 2.24) is 34.8 Å². The quantitative estimate of drug-likeness (QED) is 0.477. The third-order valence-electron chi connectivity index (χ3n) is 3.75. The molecule has 3 aromatic heterocycles. The molecule has 0 radical (unpaired) electrons. The van der Waals surface area contributed by atoms with E-state index in [9.17, 15) is 0 Å². The van der Waals surface area contributed by atoms with Gasteiger partial charge in [-0.05, 0) is 57.9 Å². The number of hydrogen-bond acceptors (Lipinski definition) is 6. The van der Waals surface area contributed by atoms with Crippen molar-refractivity contribution in [2.24, 2.45) is 5.92 Å². The Morgan fingerprint density at radius 3 is 2.69 bits per heavy atom. The maximum absolute atomic E-state index is 4.64. The zero-order chi connectivity index (χ0) is 18.1. The fraction of sp³-hybridized carbons (Fsp3) is 0.235. The molecule has 0 atom stereocenters. The average Bonchev–Trinajstić information content (AvgIpc) is 3.23. The Balaban J connectivity index is 1.71. The molecule has 26 heavy (non-hydrogen) atoms. The molecule has 0 aliphatic carbocycles. The van der Waals surface area contributed by atoms with Crippen LogP contribution in [-0.2, 0) is 6.54 Å². The monoisotopic (exact) mass is 429 g/mol. The van der Waals surface area contributed by atoms with Crippen LogP contribution in [0.1, 0.15) is 13.8 Å². The van der Waals surface area contributed by atoms with Gasteiger partial charge in [0.2, 0.25) is 0 Å². The summed E-state index contributed by atoms with van der Waals surface area (Å²) in [6.45, 7) is 5.28. The Kier molecular flexibility index (Phi) is 4.73. The lowest BCUT2D eigenvalue weighted by Crippen LogP contribution is -2.07. The number of aromatic nitrogens is 7.